The Kier molecular flexibility index (Phi) is 2.92. The number of carbonyl (C=O) groups excluding carboxylic acids is 2. The molecule has 0 amide bonds. The van der Waals surface area contributed by atoms with Crippen molar-refractivity contribution in [1.29, 1.82) is 0 Å². The van der Waals surface area contributed by atoms with Crippen LogP contribution in [0.5, 0.6) is 0 Å². The van der Waals surface area contributed by atoms with Gasteiger partial charge in [-0.2, -0.15) is 0 Å². The smallest absolute Gasteiger partial charge is 0.311 e. The second-order valence-electron chi connectivity index (χ2n) is 6.25. The molecule has 1 aliphatic heterocycles. The van der Waals surface area contributed by atoms with E-state index in [1.807, 2.05) is 27.7 Å². The van der Waals surface area contributed by atoms with Crippen molar-refractivity contribution in [2.45, 2.75) is 52.7 Å². The fourth-order valence-corrected chi connectivity index (χ4v) is 2.60. The van der Waals surface area contributed by atoms with Crippen LogP contribution in [-0.4, -0.2) is 24.1 Å². The molecule has 1 saturated heterocycles. The van der Waals surface area contributed by atoms with Gasteiger partial charge >= 0.3 is 11.9 Å². The van der Waals surface area contributed by atoms with Crippen molar-refractivity contribution in [1.82, 2.24) is 0 Å². The normalized spacial score (nSPS) is 36.6. The van der Waals surface area contributed by atoms with Gasteiger partial charge in [0, 0.05) is 5.92 Å². The molecule has 1 saturated carbocycles. The summed E-state index contributed by atoms with van der Waals surface area (Å²) in [4.78, 5) is 23.2. The minimum atomic E-state index is -0.510. The number of fused-ring (bicyclic) bond motifs is 2. The molecule has 4 unspecified atom stereocenters. The van der Waals surface area contributed by atoms with Crippen molar-refractivity contribution in [3.8, 4) is 0 Å². The molecule has 2 fully saturated rings. The molecule has 0 aromatic carbocycles. The SMILES string of the molecule is CC1CC2CC(=O)OC1C2OC(=O)C(C)(C)C. The van der Waals surface area contributed by atoms with Crippen LogP contribution in [0.4, 0.5) is 0 Å². The summed E-state index contributed by atoms with van der Waals surface area (Å²) in [5.41, 5.74) is -0.510. The lowest BCUT2D eigenvalue weighted by molar-refractivity contribution is -0.184. The molecule has 4 heteroatoms. The van der Waals surface area contributed by atoms with E-state index in [2.05, 4.69) is 0 Å². The molecule has 4 nitrogen and oxygen atoms in total. The van der Waals surface area contributed by atoms with Gasteiger partial charge in [-0.05, 0) is 33.1 Å². The highest BCUT2D eigenvalue weighted by Gasteiger charge is 2.51. The zero-order valence-electron chi connectivity index (χ0n) is 10.9. The first-order chi connectivity index (χ1) is 7.79. The summed E-state index contributed by atoms with van der Waals surface area (Å²) < 4.78 is 10.8. The van der Waals surface area contributed by atoms with Crippen LogP contribution in [0.25, 0.3) is 0 Å². The zero-order chi connectivity index (χ0) is 12.8. The van der Waals surface area contributed by atoms with Gasteiger partial charge in [0.05, 0.1) is 11.8 Å². The summed E-state index contributed by atoms with van der Waals surface area (Å²) >= 11 is 0. The molecule has 2 bridgehead atoms. The van der Waals surface area contributed by atoms with Gasteiger partial charge in [0.25, 0.3) is 0 Å². The second-order valence-corrected chi connectivity index (χ2v) is 6.25. The topological polar surface area (TPSA) is 52.6 Å². The van der Waals surface area contributed by atoms with E-state index in [0.29, 0.717) is 6.42 Å². The summed E-state index contributed by atoms with van der Waals surface area (Å²) in [6.45, 7) is 7.53. The van der Waals surface area contributed by atoms with Crippen LogP contribution in [0.3, 0.4) is 0 Å². The number of esters is 2. The third kappa shape index (κ3) is 2.31. The highest BCUT2D eigenvalue weighted by atomic mass is 16.6. The van der Waals surface area contributed by atoms with Crippen molar-refractivity contribution >= 4 is 11.9 Å². The molecule has 0 aromatic heterocycles. The number of ether oxygens (including phenoxy) is 2. The van der Waals surface area contributed by atoms with Gasteiger partial charge in [-0.3, -0.25) is 9.59 Å². The third-order valence-electron chi connectivity index (χ3n) is 3.58. The molecule has 1 aliphatic carbocycles. The Morgan fingerprint density at radius 3 is 2.59 bits per heavy atom. The van der Waals surface area contributed by atoms with E-state index in [4.69, 9.17) is 9.47 Å². The predicted molar refractivity (Wildman–Crippen MR) is 61.1 cm³/mol. The third-order valence-corrected chi connectivity index (χ3v) is 3.58. The average Bonchev–Trinajstić information content (AvgIpc) is 2.38. The molecular formula is C13H20O4. The van der Waals surface area contributed by atoms with Crippen molar-refractivity contribution in [3.63, 3.8) is 0 Å². The first-order valence-electron chi connectivity index (χ1n) is 6.19. The van der Waals surface area contributed by atoms with E-state index >= 15 is 0 Å². The van der Waals surface area contributed by atoms with E-state index < -0.39 is 5.41 Å². The van der Waals surface area contributed by atoms with Gasteiger partial charge in [-0.1, -0.05) is 6.92 Å². The van der Waals surface area contributed by atoms with Crippen molar-refractivity contribution < 1.29 is 19.1 Å². The van der Waals surface area contributed by atoms with Crippen LogP contribution >= 0.6 is 0 Å². The van der Waals surface area contributed by atoms with Crippen LogP contribution in [-0.2, 0) is 19.1 Å². The second kappa shape index (κ2) is 4.00. The lowest BCUT2D eigenvalue weighted by Crippen LogP contribution is -2.43. The number of rotatable bonds is 1. The molecule has 4 atom stereocenters. The maximum atomic E-state index is 11.9. The zero-order valence-corrected chi connectivity index (χ0v) is 10.9. The molecule has 0 radical (unpaired) electrons. The Bertz CT molecular complexity index is 342. The minimum Gasteiger partial charge on any atom is -0.458 e. The summed E-state index contributed by atoms with van der Waals surface area (Å²) in [6.07, 6.45) is 0.795. The molecule has 0 aromatic rings. The highest BCUT2D eigenvalue weighted by molar-refractivity contribution is 5.76. The van der Waals surface area contributed by atoms with Crippen LogP contribution in [0.2, 0.25) is 0 Å². The van der Waals surface area contributed by atoms with Crippen LogP contribution in [0.1, 0.15) is 40.5 Å². The van der Waals surface area contributed by atoms with Crippen LogP contribution in [0, 0.1) is 17.3 Å². The summed E-state index contributed by atoms with van der Waals surface area (Å²) in [6, 6.07) is 0. The number of hydrogen-bond donors (Lipinski definition) is 0. The van der Waals surface area contributed by atoms with E-state index in [9.17, 15) is 9.59 Å². The van der Waals surface area contributed by atoms with Gasteiger partial charge in [0.1, 0.15) is 12.2 Å². The molecule has 2 rings (SSSR count). The minimum absolute atomic E-state index is 0.141. The molecule has 96 valence electrons. The number of hydrogen-bond acceptors (Lipinski definition) is 4. The Balaban J connectivity index is 2.08. The van der Waals surface area contributed by atoms with Crippen molar-refractivity contribution in [2.75, 3.05) is 0 Å². The van der Waals surface area contributed by atoms with Crippen LogP contribution < -0.4 is 0 Å². The average molecular weight is 240 g/mol. The first-order valence-corrected chi connectivity index (χ1v) is 6.19. The molecule has 1 heterocycles. The Labute approximate surface area is 102 Å². The summed E-state index contributed by atoms with van der Waals surface area (Å²) in [7, 11) is 0. The summed E-state index contributed by atoms with van der Waals surface area (Å²) in [5.74, 6) is 0.0451. The number of carbonyl (C=O) groups is 2. The molecule has 2 aliphatic rings. The van der Waals surface area contributed by atoms with Gasteiger partial charge < -0.3 is 9.47 Å². The predicted octanol–water partition coefficient (Wildman–Crippen LogP) is 1.92. The molecule has 0 N–H and O–H groups in total. The monoisotopic (exact) mass is 240 g/mol. The van der Waals surface area contributed by atoms with Crippen molar-refractivity contribution in [2.24, 2.45) is 17.3 Å². The maximum absolute atomic E-state index is 11.9. The quantitative estimate of drug-likeness (QED) is 0.657. The molecule has 17 heavy (non-hydrogen) atoms. The lowest BCUT2D eigenvalue weighted by atomic mass is 9.95. The van der Waals surface area contributed by atoms with Gasteiger partial charge in [-0.25, -0.2) is 0 Å². The highest BCUT2D eigenvalue weighted by Crippen LogP contribution is 2.42. The van der Waals surface area contributed by atoms with Gasteiger partial charge in [0.15, 0.2) is 0 Å². The van der Waals surface area contributed by atoms with E-state index in [1.165, 1.54) is 0 Å². The van der Waals surface area contributed by atoms with E-state index in [-0.39, 0.29) is 36.0 Å². The molecule has 0 spiro atoms. The van der Waals surface area contributed by atoms with Crippen LogP contribution in [0.15, 0.2) is 0 Å². The fraction of sp³-hybridized carbons (Fsp3) is 0.846. The summed E-state index contributed by atoms with van der Waals surface area (Å²) in [5, 5.41) is 0. The Hall–Kier alpha value is -1.06. The van der Waals surface area contributed by atoms with E-state index in [1.54, 1.807) is 0 Å². The van der Waals surface area contributed by atoms with Gasteiger partial charge in [0.2, 0.25) is 0 Å². The van der Waals surface area contributed by atoms with Gasteiger partial charge in [-0.15, -0.1) is 0 Å². The standard InChI is InChI=1S/C13H20O4/c1-7-5-8-6-9(14)16-10(7)11(8)17-12(15)13(2,3)4/h7-8,10-11H,5-6H2,1-4H3. The molecular weight excluding hydrogens is 220 g/mol. The lowest BCUT2D eigenvalue weighted by Gasteiger charge is -2.32. The maximum Gasteiger partial charge on any atom is 0.311 e. The van der Waals surface area contributed by atoms with E-state index in [0.717, 1.165) is 6.42 Å². The fourth-order valence-electron chi connectivity index (χ4n) is 2.60. The Morgan fingerprint density at radius 1 is 1.41 bits per heavy atom. The van der Waals surface area contributed by atoms with Crippen molar-refractivity contribution in [3.05, 3.63) is 0 Å². The Morgan fingerprint density at radius 2 is 2.06 bits per heavy atom. The largest absolute Gasteiger partial charge is 0.458 e. The first kappa shape index (κ1) is 12.4.